The Kier molecular flexibility index (Phi) is 7.26. The molecule has 174 valence electrons. The molecule has 0 saturated carbocycles. The predicted octanol–water partition coefficient (Wildman–Crippen LogP) is 3.94. The van der Waals surface area contributed by atoms with Gasteiger partial charge in [-0.2, -0.15) is 0 Å². The van der Waals surface area contributed by atoms with Crippen molar-refractivity contribution in [3.05, 3.63) is 71.0 Å². The van der Waals surface area contributed by atoms with E-state index in [2.05, 4.69) is 5.32 Å². The van der Waals surface area contributed by atoms with Crippen molar-refractivity contribution in [2.24, 2.45) is 4.99 Å². The van der Waals surface area contributed by atoms with E-state index >= 15 is 0 Å². The van der Waals surface area contributed by atoms with Crippen molar-refractivity contribution in [3.63, 3.8) is 0 Å². The Labute approximate surface area is 192 Å². The monoisotopic (exact) mass is 453 g/mol. The van der Waals surface area contributed by atoms with Gasteiger partial charge in [-0.15, -0.1) is 0 Å². The number of carbonyl (C=O) groups excluding carboxylic acids is 2. The van der Waals surface area contributed by atoms with E-state index < -0.39 is 11.6 Å². The Balaban J connectivity index is 1.81. The predicted molar refractivity (Wildman–Crippen MR) is 123 cm³/mol. The molecule has 0 fully saturated rings. The first kappa shape index (κ1) is 24.1. The summed E-state index contributed by atoms with van der Waals surface area (Å²) in [6.07, 6.45) is 0.630. The molecule has 7 nitrogen and oxygen atoms in total. The van der Waals surface area contributed by atoms with E-state index in [4.69, 9.17) is 10.1 Å². The van der Waals surface area contributed by atoms with Crippen LogP contribution in [0.4, 0.5) is 4.39 Å². The first-order valence-electron chi connectivity index (χ1n) is 10.9. The molecule has 2 amide bonds. The number of halogens is 1. The summed E-state index contributed by atoms with van der Waals surface area (Å²) in [5.74, 6) is -1.74. The first-order chi connectivity index (χ1) is 15.6. The molecule has 8 heteroatoms. The fourth-order valence-corrected chi connectivity index (χ4v) is 4.13. The Bertz CT molecular complexity index is 1060. The minimum absolute atomic E-state index is 0.0539. The number of nitrogens with one attached hydrogen (secondary N) is 1. The highest BCUT2D eigenvalue weighted by Crippen LogP contribution is 2.36. The van der Waals surface area contributed by atoms with Crippen LogP contribution in [0.25, 0.3) is 0 Å². The van der Waals surface area contributed by atoms with Gasteiger partial charge in [-0.25, -0.2) is 4.39 Å². The van der Waals surface area contributed by atoms with Gasteiger partial charge in [-0.05, 0) is 55.7 Å². The van der Waals surface area contributed by atoms with Crippen LogP contribution < -0.4 is 5.32 Å². The number of aliphatic imine (C=N–C) groups is 1. The van der Waals surface area contributed by atoms with E-state index in [1.807, 2.05) is 32.9 Å². The van der Waals surface area contributed by atoms with Gasteiger partial charge >= 0.3 is 5.97 Å². The number of aliphatic carboxylic acids is 1. The van der Waals surface area contributed by atoms with Crippen molar-refractivity contribution < 1.29 is 23.9 Å². The lowest BCUT2D eigenvalue weighted by molar-refractivity contribution is -0.140. The van der Waals surface area contributed by atoms with Gasteiger partial charge in [-0.3, -0.25) is 19.4 Å². The zero-order valence-electron chi connectivity index (χ0n) is 19.0. The maximum Gasteiger partial charge on any atom is 0.305 e. The van der Waals surface area contributed by atoms with Crippen LogP contribution in [0.15, 0.2) is 53.5 Å². The molecule has 1 heterocycles. The molecule has 1 aliphatic heterocycles. The SMILES string of the molecule is CCC(c1ccc(C(=O)NCCC(=O)O)cc1)N1C(=O)CC(c2ccc(F)cc2)=NC1(C)C. The normalized spacial score (nSPS) is 16.2. The Morgan fingerprint density at radius 2 is 1.79 bits per heavy atom. The molecule has 2 N–H and O–H groups in total. The van der Waals surface area contributed by atoms with Gasteiger partial charge in [-0.1, -0.05) is 31.2 Å². The molecular weight excluding hydrogens is 425 g/mol. The number of carbonyl (C=O) groups is 3. The Morgan fingerprint density at radius 1 is 1.15 bits per heavy atom. The third-order valence-electron chi connectivity index (χ3n) is 5.64. The number of carboxylic acid groups (broad SMARTS) is 1. The molecule has 1 atom stereocenters. The van der Waals surface area contributed by atoms with E-state index in [1.54, 1.807) is 29.2 Å². The minimum Gasteiger partial charge on any atom is -0.481 e. The maximum absolute atomic E-state index is 13.3. The molecule has 3 rings (SSSR count). The second kappa shape index (κ2) is 9.94. The van der Waals surface area contributed by atoms with Crippen LogP contribution in [0, 0.1) is 5.82 Å². The molecule has 1 aliphatic rings. The molecule has 2 aromatic carbocycles. The fourth-order valence-electron chi connectivity index (χ4n) is 4.13. The summed E-state index contributed by atoms with van der Waals surface area (Å²) < 4.78 is 13.3. The highest BCUT2D eigenvalue weighted by atomic mass is 19.1. The standard InChI is InChI=1S/C25H28FN3O4/c1-4-21(17-5-7-18(8-6-17)24(33)27-14-13-23(31)32)29-22(30)15-20(28-25(29,2)3)16-9-11-19(26)12-10-16/h5-12,21H,4,13-15H2,1-3H3,(H,27,33)(H,31,32). The molecule has 0 aromatic heterocycles. The summed E-state index contributed by atoms with van der Waals surface area (Å²) in [5.41, 5.74) is 1.83. The average molecular weight is 454 g/mol. The van der Waals surface area contributed by atoms with Gasteiger partial charge < -0.3 is 15.3 Å². The summed E-state index contributed by atoms with van der Waals surface area (Å²) in [6.45, 7) is 5.79. The second-order valence-electron chi connectivity index (χ2n) is 8.45. The summed E-state index contributed by atoms with van der Waals surface area (Å²) in [5, 5.41) is 11.3. The van der Waals surface area contributed by atoms with Crippen molar-refractivity contribution in [1.29, 1.82) is 0 Å². The van der Waals surface area contributed by atoms with Crippen LogP contribution in [0.1, 0.15) is 67.6 Å². The van der Waals surface area contributed by atoms with Gasteiger partial charge in [0.05, 0.1) is 24.6 Å². The molecule has 0 radical (unpaired) electrons. The third kappa shape index (κ3) is 5.63. The van der Waals surface area contributed by atoms with Crippen molar-refractivity contribution in [2.75, 3.05) is 6.54 Å². The minimum atomic E-state index is -0.976. The number of rotatable bonds is 8. The number of amides is 2. The van der Waals surface area contributed by atoms with Gasteiger partial charge in [0.25, 0.3) is 5.91 Å². The quantitative estimate of drug-likeness (QED) is 0.632. The molecule has 2 aromatic rings. The van der Waals surface area contributed by atoms with Gasteiger partial charge in [0.15, 0.2) is 0 Å². The van der Waals surface area contributed by atoms with Gasteiger partial charge in [0, 0.05) is 12.1 Å². The van der Waals surface area contributed by atoms with E-state index in [0.717, 1.165) is 11.1 Å². The molecular formula is C25H28FN3O4. The van der Waals surface area contributed by atoms with Crippen LogP contribution in [0.3, 0.4) is 0 Å². The van der Waals surface area contributed by atoms with E-state index in [0.29, 0.717) is 17.7 Å². The van der Waals surface area contributed by atoms with Gasteiger partial charge in [0.1, 0.15) is 11.5 Å². The molecule has 0 spiro atoms. The first-order valence-corrected chi connectivity index (χ1v) is 10.9. The third-order valence-corrected chi connectivity index (χ3v) is 5.64. The second-order valence-corrected chi connectivity index (χ2v) is 8.45. The van der Waals surface area contributed by atoms with Gasteiger partial charge in [0.2, 0.25) is 5.91 Å². The number of nitrogens with zero attached hydrogens (tertiary/aromatic N) is 2. The largest absolute Gasteiger partial charge is 0.481 e. The van der Waals surface area contributed by atoms with E-state index in [-0.39, 0.29) is 43.1 Å². The Hall–Kier alpha value is -3.55. The summed E-state index contributed by atoms with van der Waals surface area (Å²) >= 11 is 0. The molecule has 1 unspecified atom stereocenters. The highest BCUT2D eigenvalue weighted by Gasteiger charge is 2.40. The van der Waals surface area contributed by atoms with Crippen LogP contribution >= 0.6 is 0 Å². The van der Waals surface area contributed by atoms with E-state index in [1.165, 1.54) is 12.1 Å². The number of carboxylic acids is 1. The zero-order valence-corrected chi connectivity index (χ0v) is 19.0. The fraction of sp³-hybridized carbons (Fsp3) is 0.360. The van der Waals surface area contributed by atoms with Crippen LogP contribution in [0.2, 0.25) is 0 Å². The van der Waals surface area contributed by atoms with E-state index in [9.17, 15) is 18.8 Å². The van der Waals surface area contributed by atoms with Crippen LogP contribution in [0.5, 0.6) is 0 Å². The summed E-state index contributed by atoms with van der Waals surface area (Å²) in [4.78, 5) is 42.7. The van der Waals surface area contributed by atoms with Crippen molar-refractivity contribution in [2.45, 2.75) is 51.7 Å². The lowest BCUT2D eigenvalue weighted by atomic mass is 9.94. The number of hydrogen-bond donors (Lipinski definition) is 2. The maximum atomic E-state index is 13.3. The number of hydrogen-bond acceptors (Lipinski definition) is 4. The summed E-state index contributed by atoms with van der Waals surface area (Å²) in [6, 6.07) is 12.7. The van der Waals surface area contributed by atoms with Crippen LogP contribution in [-0.2, 0) is 9.59 Å². The molecule has 0 aliphatic carbocycles. The van der Waals surface area contributed by atoms with Crippen molar-refractivity contribution in [1.82, 2.24) is 10.2 Å². The zero-order chi connectivity index (χ0) is 24.2. The Morgan fingerprint density at radius 3 is 2.33 bits per heavy atom. The van der Waals surface area contributed by atoms with Crippen molar-refractivity contribution in [3.8, 4) is 0 Å². The smallest absolute Gasteiger partial charge is 0.305 e. The van der Waals surface area contributed by atoms with Crippen LogP contribution in [-0.4, -0.2) is 45.7 Å². The molecule has 0 saturated heterocycles. The highest BCUT2D eigenvalue weighted by molar-refractivity contribution is 6.12. The van der Waals surface area contributed by atoms with Crippen molar-refractivity contribution >= 4 is 23.5 Å². The topological polar surface area (TPSA) is 99.1 Å². The molecule has 0 bridgehead atoms. The lowest BCUT2D eigenvalue weighted by Crippen LogP contribution is -2.52. The number of benzene rings is 2. The summed E-state index contributed by atoms with van der Waals surface area (Å²) in [7, 11) is 0. The average Bonchev–Trinajstić information content (AvgIpc) is 2.76. The lowest BCUT2D eigenvalue weighted by Gasteiger charge is -2.44. The molecule has 33 heavy (non-hydrogen) atoms.